The Kier molecular flexibility index (Phi) is 7.42. The molecule has 3 N–H and O–H groups in total. The van der Waals surface area contributed by atoms with Crippen LogP contribution in [0.2, 0.25) is 0 Å². The van der Waals surface area contributed by atoms with Gasteiger partial charge >= 0.3 is 0 Å². The number of rotatable bonds is 7. The van der Waals surface area contributed by atoms with Crippen LogP contribution in [0.1, 0.15) is 30.0 Å². The number of aromatic amines is 1. The van der Waals surface area contributed by atoms with E-state index in [9.17, 15) is 9.59 Å². The molecule has 1 atom stereocenters. The van der Waals surface area contributed by atoms with Gasteiger partial charge in [0.25, 0.3) is 5.91 Å². The second-order valence-electron chi connectivity index (χ2n) is 7.62. The maximum Gasteiger partial charge on any atom is 0.279 e. The van der Waals surface area contributed by atoms with E-state index < -0.39 is 12.0 Å². The van der Waals surface area contributed by atoms with Crippen LogP contribution in [0, 0.1) is 25.5 Å². The van der Waals surface area contributed by atoms with Gasteiger partial charge in [0.2, 0.25) is 5.91 Å². The van der Waals surface area contributed by atoms with Crippen molar-refractivity contribution in [3.63, 3.8) is 0 Å². The standard InChI is InChI=1S/C23H27N5O3S/c1-14-8-10-18(11-9-14)21-25-27-23(32)28(21)13-12-20(29)24-26-22(30)17(4)31-19-7-5-6-15(2)16(19)3/h5-11,17H,12-13H2,1-4H3,(H,24,29)(H,26,30)(H,27,32). The first kappa shape index (κ1) is 23.2. The van der Waals surface area contributed by atoms with Gasteiger partial charge in [-0.05, 0) is 57.1 Å². The summed E-state index contributed by atoms with van der Waals surface area (Å²) in [6.45, 7) is 7.86. The van der Waals surface area contributed by atoms with Crippen LogP contribution in [-0.2, 0) is 16.1 Å². The molecule has 0 saturated heterocycles. The monoisotopic (exact) mass is 453 g/mol. The van der Waals surface area contributed by atoms with E-state index in [2.05, 4.69) is 21.0 Å². The van der Waals surface area contributed by atoms with Crippen molar-refractivity contribution >= 4 is 24.0 Å². The number of ether oxygens (including phenoxy) is 1. The highest BCUT2D eigenvalue weighted by Crippen LogP contribution is 2.22. The molecule has 1 heterocycles. The quantitative estimate of drug-likeness (QED) is 0.375. The summed E-state index contributed by atoms with van der Waals surface area (Å²) in [7, 11) is 0. The third-order valence-corrected chi connectivity index (χ3v) is 5.50. The van der Waals surface area contributed by atoms with Gasteiger partial charge in [0.1, 0.15) is 5.75 Å². The number of hydrazine groups is 1. The average molecular weight is 454 g/mol. The van der Waals surface area contributed by atoms with Crippen molar-refractivity contribution in [2.24, 2.45) is 0 Å². The second-order valence-corrected chi connectivity index (χ2v) is 8.00. The zero-order valence-corrected chi connectivity index (χ0v) is 19.4. The van der Waals surface area contributed by atoms with Gasteiger partial charge in [-0.25, -0.2) is 0 Å². The second kappa shape index (κ2) is 10.2. The van der Waals surface area contributed by atoms with Crippen LogP contribution in [-0.4, -0.2) is 32.7 Å². The van der Waals surface area contributed by atoms with Crippen LogP contribution in [0.3, 0.4) is 0 Å². The van der Waals surface area contributed by atoms with Crippen LogP contribution in [0.15, 0.2) is 42.5 Å². The van der Waals surface area contributed by atoms with Gasteiger partial charge in [-0.15, -0.1) is 0 Å². The lowest BCUT2D eigenvalue weighted by atomic mass is 10.1. The fraction of sp³-hybridized carbons (Fsp3) is 0.304. The molecule has 0 spiro atoms. The highest BCUT2D eigenvalue weighted by Gasteiger charge is 2.17. The van der Waals surface area contributed by atoms with E-state index in [-0.39, 0.29) is 12.3 Å². The molecular formula is C23H27N5O3S. The summed E-state index contributed by atoms with van der Waals surface area (Å²) in [4.78, 5) is 24.6. The molecule has 0 fully saturated rings. The molecular weight excluding hydrogens is 426 g/mol. The lowest BCUT2D eigenvalue weighted by molar-refractivity contribution is -0.132. The number of amides is 2. The average Bonchev–Trinajstić information content (AvgIpc) is 3.14. The largest absolute Gasteiger partial charge is 0.481 e. The third-order valence-electron chi connectivity index (χ3n) is 5.18. The minimum absolute atomic E-state index is 0.110. The normalized spacial score (nSPS) is 11.6. The lowest BCUT2D eigenvalue weighted by Gasteiger charge is -2.17. The van der Waals surface area contributed by atoms with Crippen LogP contribution in [0.5, 0.6) is 5.75 Å². The number of carbonyl (C=O) groups is 2. The summed E-state index contributed by atoms with van der Waals surface area (Å²) in [5.74, 6) is 0.495. The highest BCUT2D eigenvalue weighted by molar-refractivity contribution is 7.71. The van der Waals surface area contributed by atoms with E-state index in [0.29, 0.717) is 22.9 Å². The van der Waals surface area contributed by atoms with Crippen LogP contribution >= 0.6 is 12.2 Å². The van der Waals surface area contributed by atoms with Crippen molar-refractivity contribution in [2.75, 3.05) is 0 Å². The van der Waals surface area contributed by atoms with Gasteiger partial charge in [-0.2, -0.15) is 5.10 Å². The van der Waals surface area contributed by atoms with Crippen molar-refractivity contribution < 1.29 is 14.3 Å². The summed E-state index contributed by atoms with van der Waals surface area (Å²) >= 11 is 5.30. The molecule has 32 heavy (non-hydrogen) atoms. The van der Waals surface area contributed by atoms with Crippen LogP contribution in [0.4, 0.5) is 0 Å². The Balaban J connectivity index is 1.53. The van der Waals surface area contributed by atoms with Gasteiger partial charge < -0.3 is 4.74 Å². The first-order valence-electron chi connectivity index (χ1n) is 10.3. The summed E-state index contributed by atoms with van der Waals surface area (Å²) in [5.41, 5.74) is 8.92. The van der Waals surface area contributed by atoms with E-state index in [0.717, 1.165) is 22.3 Å². The molecule has 9 heteroatoms. The van der Waals surface area contributed by atoms with E-state index in [1.807, 2.05) is 63.2 Å². The molecule has 0 saturated carbocycles. The first-order chi connectivity index (χ1) is 15.3. The molecule has 3 rings (SSSR count). The number of hydrogen-bond acceptors (Lipinski definition) is 5. The SMILES string of the molecule is Cc1ccc(-c2n[nH]c(=S)n2CCC(=O)NNC(=O)C(C)Oc2cccc(C)c2C)cc1. The molecule has 0 aliphatic carbocycles. The zero-order valence-electron chi connectivity index (χ0n) is 18.6. The Morgan fingerprint density at radius 1 is 1.12 bits per heavy atom. The van der Waals surface area contributed by atoms with Gasteiger partial charge in [0.05, 0.1) is 0 Å². The third kappa shape index (κ3) is 5.61. The molecule has 1 aromatic heterocycles. The van der Waals surface area contributed by atoms with Gasteiger partial charge in [-0.3, -0.25) is 30.1 Å². The Labute approximate surface area is 192 Å². The molecule has 8 nitrogen and oxygen atoms in total. The van der Waals surface area contributed by atoms with Gasteiger partial charge in [-0.1, -0.05) is 42.0 Å². The Morgan fingerprint density at radius 2 is 1.84 bits per heavy atom. The molecule has 2 amide bonds. The summed E-state index contributed by atoms with van der Waals surface area (Å²) < 4.78 is 7.92. The van der Waals surface area contributed by atoms with Crippen LogP contribution < -0.4 is 15.6 Å². The number of carbonyl (C=O) groups excluding carboxylic acids is 2. The Bertz CT molecular complexity index is 1170. The van der Waals surface area contributed by atoms with Crippen molar-refractivity contribution in [3.05, 3.63) is 63.9 Å². The minimum Gasteiger partial charge on any atom is -0.481 e. The summed E-state index contributed by atoms with van der Waals surface area (Å²) in [6.07, 6.45) is -0.661. The minimum atomic E-state index is -0.772. The number of aryl methyl sites for hydroxylation is 2. The van der Waals surface area contributed by atoms with E-state index >= 15 is 0 Å². The topological polar surface area (TPSA) is 101 Å². The molecule has 1 unspecified atom stereocenters. The van der Waals surface area contributed by atoms with E-state index in [1.165, 1.54) is 0 Å². The predicted molar refractivity (Wildman–Crippen MR) is 124 cm³/mol. The van der Waals surface area contributed by atoms with Crippen LogP contribution in [0.25, 0.3) is 11.4 Å². The number of nitrogens with zero attached hydrogens (tertiary/aromatic N) is 2. The van der Waals surface area contributed by atoms with Crippen molar-refractivity contribution in [2.45, 2.75) is 46.8 Å². The van der Waals surface area contributed by atoms with Gasteiger partial charge in [0.15, 0.2) is 16.7 Å². The molecule has 0 aliphatic rings. The van der Waals surface area contributed by atoms with E-state index in [4.69, 9.17) is 17.0 Å². The van der Waals surface area contributed by atoms with Crippen molar-refractivity contribution in [1.82, 2.24) is 25.6 Å². The molecule has 0 radical (unpaired) electrons. The number of aromatic nitrogens is 3. The maximum absolute atomic E-state index is 12.3. The fourth-order valence-corrected chi connectivity index (χ4v) is 3.28. The smallest absolute Gasteiger partial charge is 0.279 e. The molecule has 0 aliphatic heterocycles. The number of hydrogen-bond donors (Lipinski definition) is 3. The van der Waals surface area contributed by atoms with E-state index in [1.54, 1.807) is 11.5 Å². The van der Waals surface area contributed by atoms with Crippen molar-refractivity contribution in [1.29, 1.82) is 0 Å². The first-order valence-corrected chi connectivity index (χ1v) is 10.7. The molecule has 2 aromatic carbocycles. The van der Waals surface area contributed by atoms with Gasteiger partial charge in [0, 0.05) is 18.5 Å². The summed E-state index contributed by atoms with van der Waals surface area (Å²) in [5, 5.41) is 7.04. The zero-order chi connectivity index (χ0) is 23.3. The Hall–Kier alpha value is -3.46. The fourth-order valence-electron chi connectivity index (χ4n) is 3.05. The maximum atomic E-state index is 12.3. The van der Waals surface area contributed by atoms with Crippen molar-refractivity contribution in [3.8, 4) is 17.1 Å². The number of H-pyrrole nitrogens is 1. The number of benzene rings is 2. The number of nitrogens with one attached hydrogen (secondary N) is 3. The molecule has 3 aromatic rings. The Morgan fingerprint density at radius 3 is 2.56 bits per heavy atom. The lowest BCUT2D eigenvalue weighted by Crippen LogP contribution is -2.47. The molecule has 0 bridgehead atoms. The molecule has 168 valence electrons. The highest BCUT2D eigenvalue weighted by atomic mass is 32.1. The summed E-state index contributed by atoms with van der Waals surface area (Å²) in [6, 6.07) is 13.5. The predicted octanol–water partition coefficient (Wildman–Crippen LogP) is 3.54.